The van der Waals surface area contributed by atoms with Gasteiger partial charge in [0.05, 0.1) is 18.0 Å². The highest BCUT2D eigenvalue weighted by molar-refractivity contribution is 8.00. The number of phenolic OH excluding ortho intramolecular Hbond substituents is 1. The van der Waals surface area contributed by atoms with E-state index in [-0.39, 0.29) is 17.0 Å². The molecule has 1 aromatic carbocycles. The fraction of sp³-hybridized carbons (Fsp3) is 0.200. The Labute approximate surface area is 125 Å². The largest absolute Gasteiger partial charge is 0.505 e. The fourth-order valence-electron chi connectivity index (χ4n) is 2.24. The van der Waals surface area contributed by atoms with Crippen LogP contribution in [0.25, 0.3) is 0 Å². The van der Waals surface area contributed by atoms with E-state index in [0.717, 1.165) is 5.69 Å². The second-order valence-corrected chi connectivity index (χ2v) is 5.79. The van der Waals surface area contributed by atoms with E-state index in [0.29, 0.717) is 17.9 Å². The van der Waals surface area contributed by atoms with Gasteiger partial charge in [-0.1, -0.05) is 12.1 Å². The van der Waals surface area contributed by atoms with E-state index in [1.54, 1.807) is 17.2 Å². The van der Waals surface area contributed by atoms with Crippen LogP contribution >= 0.6 is 11.8 Å². The Bertz CT molecular complexity index is 666. The minimum absolute atomic E-state index is 0.00383. The molecule has 1 atom stereocenters. The lowest BCUT2D eigenvalue weighted by Gasteiger charge is -2.24. The van der Waals surface area contributed by atoms with Gasteiger partial charge >= 0.3 is 0 Å². The number of rotatable bonds is 3. The number of thioether (sulfide) groups is 1. The molecule has 1 aliphatic rings. The summed E-state index contributed by atoms with van der Waals surface area (Å²) in [6.45, 7) is 0.389. The summed E-state index contributed by atoms with van der Waals surface area (Å²) < 4.78 is 13.5. The van der Waals surface area contributed by atoms with Gasteiger partial charge in [0.1, 0.15) is 5.37 Å². The number of hydrogen-bond acceptors (Lipinski definition) is 4. The van der Waals surface area contributed by atoms with Crippen LogP contribution in [0, 0.1) is 5.82 Å². The Morgan fingerprint density at radius 1 is 1.38 bits per heavy atom. The summed E-state index contributed by atoms with van der Waals surface area (Å²) in [5.41, 5.74) is 1.45. The average molecular weight is 304 g/mol. The van der Waals surface area contributed by atoms with E-state index in [4.69, 9.17) is 0 Å². The molecule has 1 amide bonds. The second-order valence-electron chi connectivity index (χ2n) is 4.72. The first kappa shape index (κ1) is 13.9. The van der Waals surface area contributed by atoms with Gasteiger partial charge in [0, 0.05) is 6.20 Å². The molecule has 6 heteroatoms. The molecule has 2 aromatic rings. The number of nitrogens with zero attached hydrogens (tertiary/aromatic N) is 2. The molecule has 21 heavy (non-hydrogen) atoms. The van der Waals surface area contributed by atoms with Gasteiger partial charge in [0.25, 0.3) is 0 Å². The van der Waals surface area contributed by atoms with Crippen molar-refractivity contribution in [3.63, 3.8) is 0 Å². The molecule has 1 aromatic heterocycles. The smallest absolute Gasteiger partial charge is 0.234 e. The van der Waals surface area contributed by atoms with Crippen LogP contribution in [-0.4, -0.2) is 26.7 Å². The van der Waals surface area contributed by atoms with Gasteiger partial charge in [-0.05, 0) is 29.8 Å². The number of carbonyl (C=O) groups is 1. The van der Waals surface area contributed by atoms with E-state index in [2.05, 4.69) is 4.98 Å². The predicted octanol–water partition coefficient (Wildman–Crippen LogP) is 2.70. The molecule has 0 radical (unpaired) electrons. The van der Waals surface area contributed by atoms with E-state index >= 15 is 0 Å². The zero-order chi connectivity index (χ0) is 14.8. The van der Waals surface area contributed by atoms with Crippen LogP contribution in [0.3, 0.4) is 0 Å². The number of aromatic nitrogens is 1. The Hall–Kier alpha value is -2.08. The number of amides is 1. The van der Waals surface area contributed by atoms with Crippen LogP contribution in [0.2, 0.25) is 0 Å². The molecule has 2 heterocycles. The molecule has 1 fully saturated rings. The van der Waals surface area contributed by atoms with Crippen molar-refractivity contribution in [2.24, 2.45) is 0 Å². The first-order valence-electron chi connectivity index (χ1n) is 6.44. The van der Waals surface area contributed by atoms with Crippen molar-refractivity contribution in [3.05, 3.63) is 59.7 Å². The number of pyridine rings is 1. The first-order valence-corrected chi connectivity index (χ1v) is 7.49. The average Bonchev–Trinajstić information content (AvgIpc) is 2.85. The summed E-state index contributed by atoms with van der Waals surface area (Å²) in [4.78, 5) is 17.9. The van der Waals surface area contributed by atoms with Crippen LogP contribution in [0.5, 0.6) is 5.75 Å². The van der Waals surface area contributed by atoms with Gasteiger partial charge < -0.3 is 10.0 Å². The summed E-state index contributed by atoms with van der Waals surface area (Å²) in [6.07, 6.45) is 1.68. The molecule has 0 spiro atoms. The monoisotopic (exact) mass is 304 g/mol. The lowest BCUT2D eigenvalue weighted by atomic mass is 10.2. The molecule has 1 N–H and O–H groups in total. The topological polar surface area (TPSA) is 53.4 Å². The maximum atomic E-state index is 13.5. The van der Waals surface area contributed by atoms with Gasteiger partial charge in [-0.25, -0.2) is 4.39 Å². The highest BCUT2D eigenvalue weighted by Crippen LogP contribution is 2.40. The second kappa shape index (κ2) is 5.73. The summed E-state index contributed by atoms with van der Waals surface area (Å²) in [7, 11) is 0. The molecule has 108 valence electrons. The standard InChI is InChI=1S/C15H13FN2O2S/c16-12-7-10(4-5-13(12)19)15-18(14(20)9-21-15)8-11-3-1-2-6-17-11/h1-7,15,19H,8-9H2. The number of hydrogen-bond donors (Lipinski definition) is 1. The van der Waals surface area contributed by atoms with Crippen LogP contribution < -0.4 is 0 Å². The SMILES string of the molecule is O=C1CSC(c2ccc(O)c(F)c2)N1Cc1ccccn1. The molecule has 0 saturated carbocycles. The Morgan fingerprint density at radius 2 is 2.24 bits per heavy atom. The Kier molecular flexibility index (Phi) is 3.79. The molecule has 0 bridgehead atoms. The fourth-order valence-corrected chi connectivity index (χ4v) is 3.42. The summed E-state index contributed by atoms with van der Waals surface area (Å²) in [5.74, 6) is -0.696. The minimum Gasteiger partial charge on any atom is -0.505 e. The van der Waals surface area contributed by atoms with Crippen molar-refractivity contribution >= 4 is 17.7 Å². The van der Waals surface area contributed by atoms with Crippen LogP contribution in [-0.2, 0) is 11.3 Å². The zero-order valence-corrected chi connectivity index (χ0v) is 11.9. The van der Waals surface area contributed by atoms with Gasteiger partial charge in [-0.15, -0.1) is 11.8 Å². The third-order valence-electron chi connectivity index (χ3n) is 3.28. The Morgan fingerprint density at radius 3 is 2.95 bits per heavy atom. The lowest BCUT2D eigenvalue weighted by molar-refractivity contribution is -0.128. The zero-order valence-electron chi connectivity index (χ0n) is 11.1. The van der Waals surface area contributed by atoms with Crippen LogP contribution in [0.1, 0.15) is 16.6 Å². The summed E-state index contributed by atoms with van der Waals surface area (Å²) >= 11 is 1.45. The maximum absolute atomic E-state index is 13.5. The molecule has 4 nitrogen and oxygen atoms in total. The van der Waals surface area contributed by atoms with Crippen LogP contribution in [0.4, 0.5) is 4.39 Å². The van der Waals surface area contributed by atoms with Crippen molar-refractivity contribution in [3.8, 4) is 5.75 Å². The molecule has 3 rings (SSSR count). The van der Waals surface area contributed by atoms with Crippen molar-refractivity contribution < 1.29 is 14.3 Å². The molecule has 1 aliphatic heterocycles. The van der Waals surface area contributed by atoms with Crippen molar-refractivity contribution in [2.75, 3.05) is 5.75 Å². The number of benzene rings is 1. The summed E-state index contributed by atoms with van der Waals surface area (Å²) in [5, 5.41) is 9.01. The van der Waals surface area contributed by atoms with E-state index in [1.165, 1.54) is 23.9 Å². The lowest BCUT2D eigenvalue weighted by Crippen LogP contribution is -2.28. The third-order valence-corrected chi connectivity index (χ3v) is 4.54. The summed E-state index contributed by atoms with van der Waals surface area (Å²) in [6, 6.07) is 9.76. The molecular weight excluding hydrogens is 291 g/mol. The van der Waals surface area contributed by atoms with Gasteiger partial charge in [0.2, 0.25) is 5.91 Å². The number of phenols is 1. The third kappa shape index (κ3) is 2.85. The number of aromatic hydroxyl groups is 1. The molecular formula is C15H13FN2O2S. The highest BCUT2D eigenvalue weighted by Gasteiger charge is 2.33. The number of carbonyl (C=O) groups excluding carboxylic acids is 1. The number of halogens is 1. The maximum Gasteiger partial charge on any atom is 0.234 e. The van der Waals surface area contributed by atoms with E-state index in [1.807, 2.05) is 18.2 Å². The van der Waals surface area contributed by atoms with Crippen molar-refractivity contribution in [1.82, 2.24) is 9.88 Å². The first-order chi connectivity index (χ1) is 10.1. The van der Waals surface area contributed by atoms with E-state index in [9.17, 15) is 14.3 Å². The van der Waals surface area contributed by atoms with Gasteiger partial charge in [0.15, 0.2) is 11.6 Å². The quantitative estimate of drug-likeness (QED) is 0.947. The minimum atomic E-state index is -0.676. The van der Waals surface area contributed by atoms with Crippen LogP contribution in [0.15, 0.2) is 42.6 Å². The van der Waals surface area contributed by atoms with Gasteiger partial charge in [-0.3, -0.25) is 9.78 Å². The van der Waals surface area contributed by atoms with Crippen molar-refractivity contribution in [2.45, 2.75) is 11.9 Å². The normalized spacial score (nSPS) is 18.2. The molecule has 1 saturated heterocycles. The Balaban J connectivity index is 1.86. The van der Waals surface area contributed by atoms with E-state index < -0.39 is 5.82 Å². The molecule has 1 unspecified atom stereocenters. The van der Waals surface area contributed by atoms with Crippen molar-refractivity contribution in [1.29, 1.82) is 0 Å². The predicted molar refractivity (Wildman–Crippen MR) is 78.1 cm³/mol. The highest BCUT2D eigenvalue weighted by atomic mass is 32.2. The molecule has 0 aliphatic carbocycles. The van der Waals surface area contributed by atoms with Gasteiger partial charge in [-0.2, -0.15) is 0 Å².